The molecule has 0 fully saturated rings. The summed E-state index contributed by atoms with van der Waals surface area (Å²) in [4.78, 5) is 36.0. The highest BCUT2D eigenvalue weighted by Gasteiger charge is 2.37. The molecule has 0 N–H and O–H groups in total. The Balaban J connectivity index is 2.31. The Hall–Kier alpha value is -1.69. The highest BCUT2D eigenvalue weighted by molar-refractivity contribution is 9.10. The number of amides is 1. The summed E-state index contributed by atoms with van der Waals surface area (Å²) in [6.45, 7) is 1.68. The van der Waals surface area contributed by atoms with Crippen LogP contribution >= 0.6 is 15.9 Å². The fourth-order valence-electron chi connectivity index (χ4n) is 1.77. The van der Waals surface area contributed by atoms with E-state index in [-0.39, 0.29) is 13.2 Å². The number of carbonyl (C=O) groups is 3. The molecule has 18 heavy (non-hydrogen) atoms. The van der Waals surface area contributed by atoms with Gasteiger partial charge in [-0.3, -0.25) is 19.3 Å². The van der Waals surface area contributed by atoms with Crippen LogP contribution in [-0.2, 0) is 14.3 Å². The summed E-state index contributed by atoms with van der Waals surface area (Å²) in [5.41, 5.74) is 0.750. The van der Waals surface area contributed by atoms with Crippen LogP contribution in [0, 0.1) is 0 Å². The second-order valence-corrected chi connectivity index (χ2v) is 4.60. The standard InChI is InChI=1S/C12H10BrNO4/c1-2-18-10(15)6-14-9-4-3-7(13)5-8(9)11(16)12(14)17/h3-5H,2,6H2,1H3. The maximum absolute atomic E-state index is 11.8. The van der Waals surface area contributed by atoms with Crippen LogP contribution in [-0.4, -0.2) is 30.8 Å². The normalized spacial score (nSPS) is 13.8. The number of anilines is 1. The molecule has 5 nitrogen and oxygen atoms in total. The molecule has 1 aromatic rings. The van der Waals surface area contributed by atoms with Crippen molar-refractivity contribution in [3.8, 4) is 0 Å². The summed E-state index contributed by atoms with van der Waals surface area (Å²) in [6, 6.07) is 4.91. The van der Waals surface area contributed by atoms with Gasteiger partial charge in [0.15, 0.2) is 0 Å². The van der Waals surface area contributed by atoms with Crippen LogP contribution in [0.25, 0.3) is 0 Å². The first-order valence-electron chi connectivity index (χ1n) is 5.36. The number of nitrogens with zero attached hydrogens (tertiary/aromatic N) is 1. The molecule has 0 aliphatic carbocycles. The Morgan fingerprint density at radius 3 is 2.78 bits per heavy atom. The van der Waals surface area contributed by atoms with E-state index in [9.17, 15) is 14.4 Å². The van der Waals surface area contributed by atoms with Gasteiger partial charge in [-0.05, 0) is 25.1 Å². The van der Waals surface area contributed by atoms with E-state index in [1.165, 1.54) is 0 Å². The summed E-state index contributed by atoms with van der Waals surface area (Å²) >= 11 is 3.23. The molecule has 0 unspecified atom stereocenters. The summed E-state index contributed by atoms with van der Waals surface area (Å²) in [7, 11) is 0. The van der Waals surface area contributed by atoms with Gasteiger partial charge in [0.1, 0.15) is 6.54 Å². The maximum Gasteiger partial charge on any atom is 0.326 e. The lowest BCUT2D eigenvalue weighted by atomic mass is 10.1. The molecule has 0 saturated carbocycles. The summed E-state index contributed by atoms with van der Waals surface area (Å²) in [5, 5.41) is 0. The molecule has 0 spiro atoms. The molecule has 0 aromatic heterocycles. The largest absolute Gasteiger partial charge is 0.465 e. The van der Waals surface area contributed by atoms with Crippen molar-refractivity contribution in [1.82, 2.24) is 0 Å². The van der Waals surface area contributed by atoms with Gasteiger partial charge in [-0.1, -0.05) is 15.9 Å². The Morgan fingerprint density at radius 1 is 1.39 bits per heavy atom. The minimum absolute atomic E-state index is 0.238. The van der Waals surface area contributed by atoms with Gasteiger partial charge >= 0.3 is 5.97 Å². The van der Waals surface area contributed by atoms with Gasteiger partial charge in [0.2, 0.25) is 0 Å². The van der Waals surface area contributed by atoms with Crippen molar-refractivity contribution in [2.24, 2.45) is 0 Å². The first-order valence-corrected chi connectivity index (χ1v) is 6.15. The Morgan fingerprint density at radius 2 is 2.11 bits per heavy atom. The average molecular weight is 312 g/mol. The minimum Gasteiger partial charge on any atom is -0.465 e. The number of ether oxygens (including phenoxy) is 1. The van der Waals surface area contributed by atoms with Gasteiger partial charge in [0.25, 0.3) is 11.7 Å². The number of esters is 1. The summed E-state index contributed by atoms with van der Waals surface area (Å²) in [5.74, 6) is -1.83. The molecule has 1 heterocycles. The zero-order valence-corrected chi connectivity index (χ0v) is 11.2. The molecule has 0 atom stereocenters. The van der Waals surface area contributed by atoms with Crippen molar-refractivity contribution in [1.29, 1.82) is 0 Å². The summed E-state index contributed by atoms with van der Waals surface area (Å²) in [6.07, 6.45) is 0. The van der Waals surface area contributed by atoms with Crippen molar-refractivity contribution in [3.63, 3.8) is 0 Å². The second-order valence-electron chi connectivity index (χ2n) is 3.69. The quantitative estimate of drug-likeness (QED) is 0.627. The molecule has 1 amide bonds. The predicted octanol–water partition coefficient (Wildman–Crippen LogP) is 1.54. The predicted molar refractivity (Wildman–Crippen MR) is 67.5 cm³/mol. The third kappa shape index (κ3) is 2.15. The zero-order valence-electron chi connectivity index (χ0n) is 9.60. The highest BCUT2D eigenvalue weighted by atomic mass is 79.9. The van der Waals surface area contributed by atoms with Crippen molar-refractivity contribution >= 4 is 39.3 Å². The van der Waals surface area contributed by atoms with E-state index in [1.54, 1.807) is 25.1 Å². The van der Waals surface area contributed by atoms with Crippen LogP contribution in [0.2, 0.25) is 0 Å². The number of rotatable bonds is 3. The van der Waals surface area contributed by atoms with E-state index in [4.69, 9.17) is 4.74 Å². The van der Waals surface area contributed by atoms with Gasteiger partial charge < -0.3 is 4.74 Å². The van der Waals surface area contributed by atoms with E-state index in [0.717, 1.165) is 4.90 Å². The maximum atomic E-state index is 11.8. The van der Waals surface area contributed by atoms with E-state index in [2.05, 4.69) is 15.9 Å². The second kappa shape index (κ2) is 4.89. The number of hydrogen-bond acceptors (Lipinski definition) is 4. The third-order valence-electron chi connectivity index (χ3n) is 2.53. The Labute approximate surface area is 112 Å². The van der Waals surface area contributed by atoms with Crippen molar-refractivity contribution in [2.75, 3.05) is 18.1 Å². The number of hydrogen-bond donors (Lipinski definition) is 0. The van der Waals surface area contributed by atoms with Crippen LogP contribution in [0.15, 0.2) is 22.7 Å². The molecule has 2 rings (SSSR count). The van der Waals surface area contributed by atoms with Crippen LogP contribution in [0.1, 0.15) is 17.3 Å². The SMILES string of the molecule is CCOC(=O)CN1C(=O)C(=O)c2cc(Br)ccc21. The van der Waals surface area contributed by atoms with Gasteiger partial charge in [-0.15, -0.1) is 0 Å². The fourth-order valence-corrected chi connectivity index (χ4v) is 2.13. The number of Topliss-reactive ketones (excluding diaryl/α,β-unsaturated/α-hetero) is 1. The van der Waals surface area contributed by atoms with Gasteiger partial charge in [-0.2, -0.15) is 0 Å². The first-order chi connectivity index (χ1) is 8.54. The van der Waals surface area contributed by atoms with E-state index in [1.807, 2.05) is 0 Å². The number of carbonyl (C=O) groups excluding carboxylic acids is 3. The number of fused-ring (bicyclic) bond motifs is 1. The molecule has 1 aromatic carbocycles. The number of benzene rings is 1. The Kier molecular flexibility index (Phi) is 3.47. The average Bonchev–Trinajstić information content (AvgIpc) is 2.55. The van der Waals surface area contributed by atoms with E-state index < -0.39 is 17.7 Å². The summed E-state index contributed by atoms with van der Waals surface area (Å²) < 4.78 is 5.48. The molecule has 94 valence electrons. The van der Waals surface area contributed by atoms with Gasteiger partial charge in [-0.25, -0.2) is 0 Å². The molecule has 1 aliphatic heterocycles. The molecule has 0 radical (unpaired) electrons. The fraction of sp³-hybridized carbons (Fsp3) is 0.250. The van der Waals surface area contributed by atoms with Crippen molar-refractivity contribution in [2.45, 2.75) is 6.92 Å². The molecule has 0 saturated heterocycles. The molecule has 0 bridgehead atoms. The van der Waals surface area contributed by atoms with E-state index >= 15 is 0 Å². The van der Waals surface area contributed by atoms with E-state index in [0.29, 0.717) is 15.7 Å². The monoisotopic (exact) mass is 311 g/mol. The molecule has 6 heteroatoms. The van der Waals surface area contributed by atoms with Crippen LogP contribution < -0.4 is 4.90 Å². The van der Waals surface area contributed by atoms with Gasteiger partial charge in [0.05, 0.1) is 17.9 Å². The lowest BCUT2D eigenvalue weighted by molar-refractivity contribution is -0.142. The van der Waals surface area contributed by atoms with Crippen molar-refractivity contribution in [3.05, 3.63) is 28.2 Å². The third-order valence-corrected chi connectivity index (χ3v) is 3.02. The number of halogens is 1. The first kappa shape index (κ1) is 12.8. The van der Waals surface area contributed by atoms with Crippen LogP contribution in [0.4, 0.5) is 5.69 Å². The lowest BCUT2D eigenvalue weighted by Crippen LogP contribution is -2.35. The van der Waals surface area contributed by atoms with Gasteiger partial charge in [0, 0.05) is 4.47 Å². The highest BCUT2D eigenvalue weighted by Crippen LogP contribution is 2.31. The molecule has 1 aliphatic rings. The van der Waals surface area contributed by atoms with Crippen LogP contribution in [0.5, 0.6) is 0 Å². The van der Waals surface area contributed by atoms with Crippen LogP contribution in [0.3, 0.4) is 0 Å². The lowest BCUT2D eigenvalue weighted by Gasteiger charge is -2.15. The topological polar surface area (TPSA) is 63.7 Å². The Bertz CT molecular complexity index is 541. The minimum atomic E-state index is -0.698. The zero-order chi connectivity index (χ0) is 13.3. The molecular formula is C12H10BrNO4. The number of ketones is 1. The van der Waals surface area contributed by atoms with Crippen molar-refractivity contribution < 1.29 is 19.1 Å². The smallest absolute Gasteiger partial charge is 0.326 e. The molecular weight excluding hydrogens is 302 g/mol.